The minimum atomic E-state index is -0.406. The lowest BCUT2D eigenvalue weighted by Gasteiger charge is -2.26. The number of aromatic nitrogens is 2. The van der Waals surface area contributed by atoms with Crippen LogP contribution in [0.1, 0.15) is 28.1 Å². The minimum Gasteiger partial charge on any atom is -0.497 e. The first-order valence-corrected chi connectivity index (χ1v) is 13.9. The summed E-state index contributed by atoms with van der Waals surface area (Å²) in [6.07, 6.45) is 0. The first-order chi connectivity index (χ1) is 21.2. The van der Waals surface area contributed by atoms with Crippen molar-refractivity contribution in [1.82, 2.24) is 10.1 Å². The monoisotopic (exact) mass is 597 g/mol. The molecule has 1 N–H and O–H groups in total. The minimum absolute atomic E-state index is 0.135. The number of pyridine rings is 1. The van der Waals surface area contributed by atoms with E-state index in [0.717, 1.165) is 11.1 Å². The summed E-state index contributed by atoms with van der Waals surface area (Å²) in [4.78, 5) is 18.9. The third-order valence-corrected chi connectivity index (χ3v) is 7.33. The lowest BCUT2D eigenvalue weighted by Crippen LogP contribution is -2.25. The Kier molecular flexibility index (Phi) is 9.03. The summed E-state index contributed by atoms with van der Waals surface area (Å²) >= 11 is 0. The Hall–Kier alpha value is -5.45. The highest BCUT2D eigenvalue weighted by Crippen LogP contribution is 2.39. The zero-order valence-electron chi connectivity index (χ0n) is 24.8. The van der Waals surface area contributed by atoms with Crippen LogP contribution < -0.4 is 19.7 Å². The molecule has 44 heavy (non-hydrogen) atoms. The predicted octanol–water partition coefficient (Wildman–Crippen LogP) is 7.24. The topological polar surface area (TPSA) is 116 Å². The lowest BCUT2D eigenvalue weighted by molar-refractivity contribution is -0.383. The maximum atomic E-state index is 13.4. The van der Waals surface area contributed by atoms with E-state index in [-0.39, 0.29) is 23.9 Å². The molecule has 0 bridgehead atoms. The molecular weight excluding hydrogens is 565 g/mol. The summed E-state index contributed by atoms with van der Waals surface area (Å²) in [6, 6.07) is 22.8. The van der Waals surface area contributed by atoms with Crippen LogP contribution in [-0.4, -0.2) is 29.3 Å². The number of nitrogens with zero attached hydrogens (tertiary/aromatic N) is 4. The number of benzene rings is 3. The van der Waals surface area contributed by atoms with Gasteiger partial charge in [0.1, 0.15) is 28.7 Å². The van der Waals surface area contributed by atoms with Gasteiger partial charge in [-0.15, -0.1) is 0 Å². The zero-order valence-corrected chi connectivity index (χ0v) is 24.8. The van der Waals surface area contributed by atoms with Crippen LogP contribution in [0, 0.1) is 29.8 Å². The highest BCUT2D eigenvalue weighted by molar-refractivity contribution is 5.78. The Morgan fingerprint density at radius 2 is 1.48 bits per heavy atom. The van der Waals surface area contributed by atoms with Crippen LogP contribution in [-0.2, 0) is 19.6 Å². The van der Waals surface area contributed by atoms with Crippen LogP contribution in [0.4, 0.5) is 21.6 Å². The number of methoxy groups -OCH3 is 2. The maximum Gasteiger partial charge on any atom is 0.334 e. The molecule has 3 aromatic carbocycles. The van der Waals surface area contributed by atoms with Crippen LogP contribution in [0.2, 0.25) is 0 Å². The van der Waals surface area contributed by atoms with Crippen molar-refractivity contribution in [3.05, 3.63) is 123 Å². The van der Waals surface area contributed by atoms with E-state index in [1.165, 1.54) is 12.1 Å². The SMILES string of the molecule is COc1ccc(CN(Cc2ccc(OC)cc2)c2nc(C)c(C)c(NCc3cc(-c4ccc(F)cc4)no3)c2[N+](=O)[O-])cc1. The van der Waals surface area contributed by atoms with Gasteiger partial charge in [0.15, 0.2) is 5.76 Å². The number of nitrogens with one attached hydrogen (secondary N) is 1. The fourth-order valence-electron chi connectivity index (χ4n) is 4.81. The van der Waals surface area contributed by atoms with E-state index < -0.39 is 4.92 Å². The second kappa shape index (κ2) is 13.2. The average molecular weight is 598 g/mol. The van der Waals surface area contributed by atoms with Crippen molar-refractivity contribution >= 4 is 17.2 Å². The molecule has 0 unspecified atom stereocenters. The van der Waals surface area contributed by atoms with Crippen molar-refractivity contribution in [3.63, 3.8) is 0 Å². The first kappa shape index (κ1) is 30.0. The average Bonchev–Trinajstić information content (AvgIpc) is 3.51. The Bertz CT molecular complexity index is 1690. The Morgan fingerprint density at radius 3 is 2.00 bits per heavy atom. The van der Waals surface area contributed by atoms with Gasteiger partial charge in [0.2, 0.25) is 5.82 Å². The fourth-order valence-corrected chi connectivity index (χ4v) is 4.81. The van der Waals surface area contributed by atoms with E-state index in [9.17, 15) is 14.5 Å². The number of aryl methyl sites for hydroxylation is 1. The quantitative estimate of drug-likeness (QED) is 0.117. The molecule has 2 aromatic heterocycles. The van der Waals surface area contributed by atoms with Gasteiger partial charge in [0.25, 0.3) is 0 Å². The van der Waals surface area contributed by atoms with Gasteiger partial charge in [0, 0.05) is 36.0 Å². The van der Waals surface area contributed by atoms with E-state index in [2.05, 4.69) is 10.5 Å². The molecule has 0 aliphatic rings. The highest BCUT2D eigenvalue weighted by Gasteiger charge is 2.29. The molecule has 2 heterocycles. The van der Waals surface area contributed by atoms with Gasteiger partial charge in [-0.05, 0) is 73.5 Å². The highest BCUT2D eigenvalue weighted by atomic mass is 19.1. The molecule has 0 atom stereocenters. The van der Waals surface area contributed by atoms with Crippen molar-refractivity contribution in [2.75, 3.05) is 24.4 Å². The standard InChI is InChI=1S/C33H32FN5O5/c1-21-22(2)36-33(38(19-23-5-13-27(42-3)14-6-23)20-24-7-15-28(43-4)16-8-24)32(39(40)41)31(21)35-18-29-17-30(37-44-29)25-9-11-26(34)12-10-25/h5-17H,18-20H2,1-4H3,(H,35,36). The second-order valence-corrected chi connectivity index (χ2v) is 10.2. The summed E-state index contributed by atoms with van der Waals surface area (Å²) in [5, 5.41) is 20.0. The smallest absolute Gasteiger partial charge is 0.334 e. The third-order valence-electron chi connectivity index (χ3n) is 7.33. The normalized spacial score (nSPS) is 10.8. The van der Waals surface area contributed by atoms with Gasteiger partial charge < -0.3 is 24.2 Å². The Balaban J connectivity index is 1.50. The molecule has 0 aliphatic carbocycles. The second-order valence-electron chi connectivity index (χ2n) is 10.2. The van der Waals surface area contributed by atoms with E-state index in [4.69, 9.17) is 19.0 Å². The molecule has 0 saturated heterocycles. The number of hydrogen-bond acceptors (Lipinski definition) is 9. The number of hydrogen-bond donors (Lipinski definition) is 1. The van der Waals surface area contributed by atoms with Crippen LogP contribution >= 0.6 is 0 Å². The molecule has 0 saturated carbocycles. The van der Waals surface area contributed by atoms with Crippen molar-refractivity contribution in [3.8, 4) is 22.8 Å². The summed E-state index contributed by atoms with van der Waals surface area (Å²) in [6.45, 7) is 4.47. The van der Waals surface area contributed by atoms with Crippen molar-refractivity contribution < 1.29 is 23.3 Å². The Labute approximate surface area is 254 Å². The fraction of sp³-hybridized carbons (Fsp3) is 0.212. The number of halogens is 1. The molecule has 5 aromatic rings. The third kappa shape index (κ3) is 6.78. The van der Waals surface area contributed by atoms with Crippen molar-refractivity contribution in [2.24, 2.45) is 0 Å². The van der Waals surface area contributed by atoms with Crippen molar-refractivity contribution in [2.45, 2.75) is 33.5 Å². The lowest BCUT2D eigenvalue weighted by atomic mass is 10.1. The largest absolute Gasteiger partial charge is 0.497 e. The van der Waals surface area contributed by atoms with Gasteiger partial charge in [0.05, 0.1) is 25.7 Å². The summed E-state index contributed by atoms with van der Waals surface area (Å²) in [7, 11) is 3.20. The molecular formula is C33H32FN5O5. The molecule has 0 spiro atoms. The molecule has 0 amide bonds. The van der Waals surface area contributed by atoms with E-state index in [0.29, 0.717) is 58.6 Å². The molecule has 10 nitrogen and oxygen atoms in total. The van der Waals surface area contributed by atoms with Gasteiger partial charge in [-0.2, -0.15) is 0 Å². The molecule has 0 aliphatic heterocycles. The molecule has 0 fully saturated rings. The first-order valence-electron chi connectivity index (χ1n) is 13.9. The van der Waals surface area contributed by atoms with Gasteiger partial charge >= 0.3 is 5.69 Å². The summed E-state index contributed by atoms with van der Waals surface area (Å²) < 4.78 is 29.5. The maximum absolute atomic E-state index is 13.4. The van der Waals surface area contributed by atoms with E-state index in [1.807, 2.05) is 60.4 Å². The number of rotatable bonds is 12. The summed E-state index contributed by atoms with van der Waals surface area (Å²) in [5.74, 6) is 1.78. The predicted molar refractivity (Wildman–Crippen MR) is 165 cm³/mol. The van der Waals surface area contributed by atoms with Gasteiger partial charge in [-0.25, -0.2) is 9.37 Å². The molecule has 226 valence electrons. The number of nitro groups is 1. The van der Waals surface area contributed by atoms with Gasteiger partial charge in [-0.3, -0.25) is 10.1 Å². The zero-order chi connectivity index (χ0) is 31.2. The van der Waals surface area contributed by atoms with Crippen LogP contribution in [0.25, 0.3) is 11.3 Å². The number of ether oxygens (including phenoxy) is 2. The van der Waals surface area contributed by atoms with Crippen LogP contribution in [0.5, 0.6) is 11.5 Å². The molecule has 5 rings (SSSR count). The van der Waals surface area contributed by atoms with Crippen LogP contribution in [0.3, 0.4) is 0 Å². The molecule has 11 heteroatoms. The molecule has 0 radical (unpaired) electrons. The number of anilines is 2. The van der Waals surface area contributed by atoms with Gasteiger partial charge in [-0.1, -0.05) is 29.4 Å². The Morgan fingerprint density at radius 1 is 0.909 bits per heavy atom. The van der Waals surface area contributed by atoms with Crippen molar-refractivity contribution in [1.29, 1.82) is 0 Å². The van der Waals surface area contributed by atoms with E-state index >= 15 is 0 Å². The van der Waals surface area contributed by atoms with Crippen LogP contribution in [0.15, 0.2) is 83.4 Å². The summed E-state index contributed by atoms with van der Waals surface area (Å²) in [5.41, 5.74) is 4.57. The van der Waals surface area contributed by atoms with E-state index in [1.54, 1.807) is 39.3 Å².